The number of hydrazine groups is 1. The molecule has 3 saturated heterocycles. The number of halogens is 1. The van der Waals surface area contributed by atoms with Gasteiger partial charge in [0.1, 0.15) is 47.3 Å². The van der Waals surface area contributed by atoms with Crippen molar-refractivity contribution in [3.05, 3.63) is 77.7 Å². The van der Waals surface area contributed by atoms with Gasteiger partial charge in [-0.2, -0.15) is 0 Å². The van der Waals surface area contributed by atoms with Crippen LogP contribution >= 0.6 is 0 Å². The van der Waals surface area contributed by atoms with Crippen molar-refractivity contribution >= 4 is 35.4 Å². The zero-order valence-corrected chi connectivity index (χ0v) is 47.9. The highest BCUT2D eigenvalue weighted by atomic mass is 19.1. The Morgan fingerprint density at radius 1 is 0.949 bits per heavy atom. The maximum atomic E-state index is 14.6. The first kappa shape index (κ1) is 64.5. The van der Waals surface area contributed by atoms with E-state index in [1.807, 2.05) is 59.8 Å². The number of aromatic hydroxyl groups is 1. The molecule has 4 amide bonds. The number of esters is 1. The van der Waals surface area contributed by atoms with Gasteiger partial charge in [0.25, 0.3) is 5.91 Å². The monoisotopic (exact) mass is 1110 g/mol. The molecule has 4 heterocycles. The molecule has 19 heteroatoms. The van der Waals surface area contributed by atoms with Crippen LogP contribution in [0.4, 0.5) is 4.39 Å². The van der Waals surface area contributed by atoms with Crippen LogP contribution in [-0.2, 0) is 44.7 Å². The van der Waals surface area contributed by atoms with E-state index in [4.69, 9.17) is 9.47 Å². The Hall–Kier alpha value is -5.31. The molecule has 9 N–H and O–H groups in total. The van der Waals surface area contributed by atoms with Gasteiger partial charge < -0.3 is 55.8 Å². The predicted molar refractivity (Wildman–Crippen MR) is 295 cm³/mol. The number of ketones is 1. The Morgan fingerprint density at radius 2 is 1.67 bits per heavy atom. The molecule has 0 aliphatic carbocycles. The molecule has 440 valence electrons. The third kappa shape index (κ3) is 17.1. The lowest BCUT2D eigenvalue weighted by Gasteiger charge is -2.56. The van der Waals surface area contributed by atoms with E-state index in [0.717, 1.165) is 12.1 Å². The molecule has 0 saturated carbocycles. The predicted octanol–water partition coefficient (Wildman–Crippen LogP) is 5.55. The first-order valence-electron chi connectivity index (χ1n) is 28.5. The van der Waals surface area contributed by atoms with Gasteiger partial charge >= 0.3 is 5.97 Å². The number of fused-ring (bicyclic) bond motifs is 2. The summed E-state index contributed by atoms with van der Waals surface area (Å²) in [5, 5.41) is 65.7. The smallest absolute Gasteiger partial charge is 0.325 e. The number of ether oxygens (including phenoxy) is 2. The summed E-state index contributed by atoms with van der Waals surface area (Å²) in [5.41, 5.74) is 2.81. The lowest BCUT2D eigenvalue weighted by molar-refractivity contribution is -0.267. The van der Waals surface area contributed by atoms with Gasteiger partial charge in [0.15, 0.2) is 0 Å². The number of phenolic OH excluding ortho intramolecular Hbond substituents is 1. The van der Waals surface area contributed by atoms with E-state index in [9.17, 15) is 58.7 Å². The standard InChI is InChI=1S/C60H90FN5O13/c1-11-42-27-36(6)60(64-55(42)73)40(10)53(71)39(9)51(79-60)32-49(70)34(4)19-14-12-15-20-35(5)50-23-17-13-16-22-48(69)38(8)54(72)45(25-24-37(7)67)56(74)63-52(33(2)3)57(75)62-47(30-41-28-43(61)31-44(68)29-41)58(76)66-26-18-21-46(65-66)59(77)78-50/h12-13,15-17,20,22,28-29,31,33-34,36,38-40,42,45-54,65,68-72H,11,14,18-19,21,23-27,30,32H2,1-10H3,(H,62,75)(H,63,74)(H,64,73)/b15-12+,17-13+,22-16+,35-20+/t34-,36-,38-,39-,40-,42-,45+,46-,47-,48-,49-,50-,51-,52-,53-,54+,60+/m0/s1. The second-order valence-electron chi connectivity index (χ2n) is 23.3. The van der Waals surface area contributed by atoms with E-state index >= 15 is 0 Å². The van der Waals surface area contributed by atoms with Gasteiger partial charge in [0.2, 0.25) is 17.7 Å². The summed E-state index contributed by atoms with van der Waals surface area (Å²) in [6.07, 6.45) is 9.81. The molecule has 0 unspecified atom stereocenters. The second kappa shape index (κ2) is 29.4. The number of phenols is 1. The van der Waals surface area contributed by atoms with E-state index < -0.39 is 113 Å². The number of nitrogens with zero attached hydrogens (tertiary/aromatic N) is 1. The summed E-state index contributed by atoms with van der Waals surface area (Å²) in [5.74, 6) is -8.00. The molecule has 1 aromatic carbocycles. The molecular weight excluding hydrogens is 1020 g/mol. The number of piperidine rings is 1. The van der Waals surface area contributed by atoms with Crippen molar-refractivity contribution in [1.82, 2.24) is 26.4 Å². The van der Waals surface area contributed by atoms with Crippen LogP contribution < -0.4 is 21.4 Å². The molecule has 17 atom stereocenters. The molecular formula is C60H90FN5O13. The van der Waals surface area contributed by atoms with Crippen molar-refractivity contribution in [2.45, 2.75) is 200 Å². The highest BCUT2D eigenvalue weighted by molar-refractivity contribution is 5.93. The van der Waals surface area contributed by atoms with Crippen molar-refractivity contribution in [3.63, 3.8) is 0 Å². The lowest BCUT2D eigenvalue weighted by atomic mass is 9.69. The van der Waals surface area contributed by atoms with Gasteiger partial charge in [-0.15, -0.1) is 0 Å². The highest BCUT2D eigenvalue weighted by Gasteiger charge is 2.57. The third-order valence-electron chi connectivity index (χ3n) is 16.9. The fourth-order valence-corrected chi connectivity index (χ4v) is 11.4. The number of allylic oxidation sites excluding steroid dienone is 5. The fraction of sp³-hybridized carbons (Fsp3) is 0.667. The number of carbonyl (C=O) groups excluding carboxylic acids is 6. The minimum Gasteiger partial charge on any atom is -0.508 e. The maximum Gasteiger partial charge on any atom is 0.325 e. The van der Waals surface area contributed by atoms with E-state index in [1.54, 1.807) is 39.0 Å². The molecule has 0 radical (unpaired) electrons. The van der Waals surface area contributed by atoms with Crippen LogP contribution in [0.5, 0.6) is 5.75 Å². The molecule has 4 aliphatic heterocycles. The number of aliphatic hydroxyl groups is 4. The number of hydrogen-bond acceptors (Lipinski definition) is 14. The number of aliphatic hydroxyl groups excluding tert-OH is 4. The number of hydrogen-bond donors (Lipinski definition) is 9. The molecule has 3 fully saturated rings. The number of cyclic esters (lactones) is 1. The fourth-order valence-electron chi connectivity index (χ4n) is 11.4. The van der Waals surface area contributed by atoms with Crippen LogP contribution in [0.3, 0.4) is 0 Å². The van der Waals surface area contributed by atoms with E-state index in [-0.39, 0.29) is 85.5 Å². The minimum atomic E-state index is -1.47. The minimum absolute atomic E-state index is 0.0347. The van der Waals surface area contributed by atoms with Gasteiger partial charge in [-0.1, -0.05) is 97.9 Å². The van der Waals surface area contributed by atoms with Crippen LogP contribution in [0.2, 0.25) is 0 Å². The Bertz CT molecular complexity index is 2380. The number of carbonyl (C=O) groups is 6. The summed E-state index contributed by atoms with van der Waals surface area (Å²) < 4.78 is 27.5. The average molecular weight is 1110 g/mol. The van der Waals surface area contributed by atoms with Crippen LogP contribution in [0.1, 0.15) is 139 Å². The Kier molecular flexibility index (Phi) is 24.0. The van der Waals surface area contributed by atoms with E-state index in [1.165, 1.54) is 24.1 Å². The van der Waals surface area contributed by atoms with Crippen molar-refractivity contribution in [1.29, 1.82) is 0 Å². The van der Waals surface area contributed by atoms with Crippen molar-refractivity contribution < 1.29 is 68.2 Å². The van der Waals surface area contributed by atoms with E-state index in [0.29, 0.717) is 44.1 Å². The topological polar surface area (TPSA) is 273 Å². The van der Waals surface area contributed by atoms with Crippen LogP contribution in [-0.4, -0.2) is 133 Å². The Morgan fingerprint density at radius 3 is 2.34 bits per heavy atom. The Balaban J connectivity index is 1.36. The van der Waals surface area contributed by atoms with Crippen LogP contribution in [0.15, 0.2) is 66.3 Å². The molecule has 2 bridgehead atoms. The first-order valence-corrected chi connectivity index (χ1v) is 28.5. The molecule has 79 heavy (non-hydrogen) atoms. The molecule has 5 rings (SSSR count). The average Bonchev–Trinajstić information content (AvgIpc) is 3.45. The zero-order valence-electron chi connectivity index (χ0n) is 47.9. The van der Waals surface area contributed by atoms with Crippen LogP contribution in [0, 0.1) is 53.2 Å². The number of amides is 4. The van der Waals surface area contributed by atoms with Gasteiger partial charge in [0.05, 0.1) is 36.4 Å². The van der Waals surface area contributed by atoms with Gasteiger partial charge in [-0.05, 0) is 93.9 Å². The maximum absolute atomic E-state index is 14.6. The van der Waals surface area contributed by atoms with Gasteiger partial charge in [0, 0.05) is 67.9 Å². The quantitative estimate of drug-likeness (QED) is 0.0771. The van der Waals surface area contributed by atoms with Gasteiger partial charge in [-0.3, -0.25) is 29.0 Å². The lowest BCUT2D eigenvalue weighted by Crippen LogP contribution is -2.71. The number of benzene rings is 1. The Labute approximate surface area is 466 Å². The number of rotatable bonds is 15. The summed E-state index contributed by atoms with van der Waals surface area (Å²) >= 11 is 0. The zero-order chi connectivity index (χ0) is 58.5. The molecule has 1 aromatic rings. The van der Waals surface area contributed by atoms with Crippen molar-refractivity contribution in [3.8, 4) is 5.75 Å². The summed E-state index contributed by atoms with van der Waals surface area (Å²) in [6.45, 7) is 18.0. The summed E-state index contributed by atoms with van der Waals surface area (Å²) in [7, 11) is 0. The van der Waals surface area contributed by atoms with Crippen molar-refractivity contribution in [2.75, 3.05) is 6.54 Å². The van der Waals surface area contributed by atoms with Crippen molar-refractivity contribution in [2.24, 2.45) is 47.3 Å². The second-order valence-corrected chi connectivity index (χ2v) is 23.3. The van der Waals surface area contributed by atoms with Crippen LogP contribution in [0.25, 0.3) is 0 Å². The SMILES string of the molecule is CC[C@H]1C[C@H](C)[C@@]2(NC1=O)O[C@@H](C[C@H](O)[C@@H](C)CC/C=C/C=C(\C)[C@@H]1C/C=C/C=C/[C@H](O)[C@H](C)[C@@H](O)[C@@H](CCC(C)=O)C(=O)N[C@@H](C(C)C)C(=O)N[C@@H](Cc3cc(O)cc(F)c3)C(=O)N3CCC[C@H](N3)C(=O)O1)[C@H](C)[C@H](O)[C@@H]2C. The first-order chi connectivity index (χ1) is 37.3. The molecule has 18 nitrogen and oxygen atoms in total. The summed E-state index contributed by atoms with van der Waals surface area (Å²) in [6, 6.07) is -0.408. The normalized spacial score (nSPS) is 34.7. The highest BCUT2D eigenvalue weighted by Crippen LogP contribution is 2.46. The molecule has 0 aromatic heterocycles. The van der Waals surface area contributed by atoms with Gasteiger partial charge in [-0.25, -0.2) is 9.82 Å². The molecule has 4 aliphatic rings. The summed E-state index contributed by atoms with van der Waals surface area (Å²) in [4.78, 5) is 82.2. The molecule has 1 spiro atoms. The largest absolute Gasteiger partial charge is 0.508 e. The number of Topliss-reactive ketones (excluding diaryl/α,β-unsaturated/α-hetero) is 1. The number of nitrogens with one attached hydrogen (secondary N) is 4. The third-order valence-corrected chi connectivity index (χ3v) is 16.9. The van der Waals surface area contributed by atoms with E-state index in [2.05, 4.69) is 21.4 Å².